The van der Waals surface area contributed by atoms with Gasteiger partial charge < -0.3 is 10.6 Å². The molecule has 2 N–H and O–H groups in total. The van der Waals surface area contributed by atoms with E-state index in [9.17, 15) is 9.59 Å². The van der Waals surface area contributed by atoms with E-state index in [1.807, 2.05) is 0 Å². The molecule has 1 rings (SSSR count). The van der Waals surface area contributed by atoms with Gasteiger partial charge in [-0.25, -0.2) is 0 Å². The lowest BCUT2D eigenvalue weighted by atomic mass is 9.92. The molecule has 0 heterocycles. The number of nitrogens with one attached hydrogen (secondary N) is 2. The third-order valence-electron chi connectivity index (χ3n) is 3.25. The zero-order valence-electron chi connectivity index (χ0n) is 9.67. The Bertz CT molecular complexity index is 327. The fraction of sp³-hybridized carbons (Fsp3) is 0.727. The SMILES string of the molecule is CC(C)C1(CNC(=O)C(=O)NCC#N)CC1. The first-order valence-corrected chi connectivity index (χ1v) is 5.45. The lowest BCUT2D eigenvalue weighted by Gasteiger charge is -2.19. The molecule has 1 fully saturated rings. The van der Waals surface area contributed by atoms with Crippen molar-refractivity contribution in [1.82, 2.24) is 10.6 Å². The summed E-state index contributed by atoms with van der Waals surface area (Å²) in [6.07, 6.45) is 2.20. The molecule has 2 amide bonds. The number of nitrogens with zero attached hydrogens (tertiary/aromatic N) is 1. The van der Waals surface area contributed by atoms with Crippen LogP contribution in [0.5, 0.6) is 0 Å². The normalized spacial score (nSPS) is 16.4. The highest BCUT2D eigenvalue weighted by molar-refractivity contribution is 6.35. The molecule has 0 atom stereocenters. The molecule has 0 saturated heterocycles. The maximum Gasteiger partial charge on any atom is 0.310 e. The van der Waals surface area contributed by atoms with E-state index in [-0.39, 0.29) is 12.0 Å². The van der Waals surface area contributed by atoms with Crippen molar-refractivity contribution >= 4 is 11.8 Å². The minimum atomic E-state index is -0.735. The van der Waals surface area contributed by atoms with Crippen LogP contribution in [0.4, 0.5) is 0 Å². The first kappa shape index (κ1) is 12.5. The van der Waals surface area contributed by atoms with Gasteiger partial charge in [0.05, 0.1) is 6.07 Å². The molecule has 0 aromatic rings. The average Bonchev–Trinajstić information content (AvgIpc) is 3.03. The summed E-state index contributed by atoms with van der Waals surface area (Å²) in [6.45, 7) is 4.65. The highest BCUT2D eigenvalue weighted by atomic mass is 16.2. The molecular weight excluding hydrogens is 206 g/mol. The van der Waals surface area contributed by atoms with Gasteiger partial charge in [-0.1, -0.05) is 13.8 Å². The summed E-state index contributed by atoms with van der Waals surface area (Å²) in [5.74, 6) is -0.877. The molecule has 88 valence electrons. The Balaban J connectivity index is 2.31. The van der Waals surface area contributed by atoms with E-state index in [0.29, 0.717) is 12.5 Å². The largest absolute Gasteiger partial charge is 0.347 e. The van der Waals surface area contributed by atoms with E-state index in [1.165, 1.54) is 0 Å². The topological polar surface area (TPSA) is 82.0 Å². The van der Waals surface area contributed by atoms with Crippen LogP contribution in [0.1, 0.15) is 26.7 Å². The van der Waals surface area contributed by atoms with E-state index in [1.54, 1.807) is 6.07 Å². The van der Waals surface area contributed by atoms with Crippen LogP contribution >= 0.6 is 0 Å². The number of nitriles is 1. The second-order valence-corrected chi connectivity index (χ2v) is 4.54. The first-order valence-electron chi connectivity index (χ1n) is 5.45. The van der Waals surface area contributed by atoms with Crippen molar-refractivity contribution in [2.24, 2.45) is 11.3 Å². The van der Waals surface area contributed by atoms with Crippen molar-refractivity contribution in [3.8, 4) is 6.07 Å². The van der Waals surface area contributed by atoms with Gasteiger partial charge in [0.2, 0.25) is 0 Å². The Hall–Kier alpha value is -1.57. The van der Waals surface area contributed by atoms with Crippen LogP contribution < -0.4 is 10.6 Å². The molecule has 1 aliphatic carbocycles. The van der Waals surface area contributed by atoms with E-state index in [2.05, 4.69) is 24.5 Å². The van der Waals surface area contributed by atoms with Crippen LogP contribution in [0.25, 0.3) is 0 Å². The fourth-order valence-corrected chi connectivity index (χ4v) is 1.66. The lowest BCUT2D eigenvalue weighted by molar-refractivity contribution is -0.139. The van der Waals surface area contributed by atoms with Gasteiger partial charge in [0.25, 0.3) is 0 Å². The van der Waals surface area contributed by atoms with Crippen molar-refractivity contribution in [2.45, 2.75) is 26.7 Å². The number of carbonyl (C=O) groups is 2. The second-order valence-electron chi connectivity index (χ2n) is 4.54. The van der Waals surface area contributed by atoms with Crippen LogP contribution in [0.3, 0.4) is 0 Å². The molecule has 0 unspecified atom stereocenters. The van der Waals surface area contributed by atoms with Crippen molar-refractivity contribution in [3.05, 3.63) is 0 Å². The third-order valence-corrected chi connectivity index (χ3v) is 3.25. The van der Waals surface area contributed by atoms with Gasteiger partial charge in [-0.15, -0.1) is 0 Å². The number of carbonyl (C=O) groups excluding carboxylic acids is 2. The molecule has 5 nitrogen and oxygen atoms in total. The average molecular weight is 223 g/mol. The predicted octanol–water partition coefficient (Wildman–Crippen LogP) is 0.179. The van der Waals surface area contributed by atoms with E-state index >= 15 is 0 Å². The second kappa shape index (κ2) is 4.97. The quantitative estimate of drug-likeness (QED) is 0.527. The van der Waals surface area contributed by atoms with E-state index in [0.717, 1.165) is 12.8 Å². The molecule has 0 aromatic heterocycles. The van der Waals surface area contributed by atoms with E-state index in [4.69, 9.17) is 5.26 Å². The molecule has 5 heteroatoms. The Labute approximate surface area is 95.2 Å². The van der Waals surface area contributed by atoms with Crippen LogP contribution in [-0.4, -0.2) is 24.9 Å². The van der Waals surface area contributed by atoms with Gasteiger partial charge >= 0.3 is 11.8 Å². The van der Waals surface area contributed by atoms with Crippen molar-refractivity contribution in [2.75, 3.05) is 13.1 Å². The Kier molecular flexibility index (Phi) is 3.88. The predicted molar refractivity (Wildman–Crippen MR) is 58.1 cm³/mol. The third kappa shape index (κ3) is 2.96. The number of hydrogen-bond donors (Lipinski definition) is 2. The smallest absolute Gasteiger partial charge is 0.310 e. The minimum absolute atomic E-state index is 0.137. The van der Waals surface area contributed by atoms with E-state index < -0.39 is 11.8 Å². The molecule has 0 aliphatic heterocycles. The number of rotatable bonds is 4. The molecular formula is C11H17N3O2. The van der Waals surface area contributed by atoms with Gasteiger partial charge in [-0.3, -0.25) is 9.59 Å². The maximum absolute atomic E-state index is 11.3. The van der Waals surface area contributed by atoms with Gasteiger partial charge in [-0.2, -0.15) is 5.26 Å². The van der Waals surface area contributed by atoms with Crippen LogP contribution in [0.15, 0.2) is 0 Å². The van der Waals surface area contributed by atoms with Gasteiger partial charge in [0, 0.05) is 6.54 Å². The standard InChI is InChI=1S/C11H17N3O2/c1-8(2)11(3-4-11)7-14-10(16)9(15)13-6-5-12/h8H,3-4,6-7H2,1-2H3,(H,13,15)(H,14,16). The monoisotopic (exact) mass is 223 g/mol. The van der Waals surface area contributed by atoms with Crippen LogP contribution in [0, 0.1) is 22.7 Å². The summed E-state index contributed by atoms with van der Waals surface area (Å²) in [5.41, 5.74) is 0.186. The fourth-order valence-electron chi connectivity index (χ4n) is 1.66. The summed E-state index contributed by atoms with van der Waals surface area (Å²) in [4.78, 5) is 22.4. The molecule has 16 heavy (non-hydrogen) atoms. The zero-order chi connectivity index (χ0) is 12.2. The van der Waals surface area contributed by atoms with Crippen molar-refractivity contribution in [3.63, 3.8) is 0 Å². The summed E-state index contributed by atoms with van der Waals surface area (Å²) >= 11 is 0. The molecule has 0 spiro atoms. The lowest BCUT2D eigenvalue weighted by Crippen LogP contribution is -2.42. The zero-order valence-corrected chi connectivity index (χ0v) is 9.67. The molecule has 0 aromatic carbocycles. The minimum Gasteiger partial charge on any atom is -0.347 e. The molecule has 0 radical (unpaired) electrons. The summed E-state index contributed by atoms with van der Waals surface area (Å²) in [7, 11) is 0. The summed E-state index contributed by atoms with van der Waals surface area (Å²) in [5, 5.41) is 13.1. The van der Waals surface area contributed by atoms with Gasteiger partial charge in [0.15, 0.2) is 0 Å². The molecule has 1 aliphatic rings. The Morgan fingerprint density at radius 1 is 1.31 bits per heavy atom. The van der Waals surface area contributed by atoms with Crippen molar-refractivity contribution < 1.29 is 9.59 Å². The number of hydrogen-bond acceptors (Lipinski definition) is 3. The van der Waals surface area contributed by atoms with Gasteiger partial charge in [0.1, 0.15) is 6.54 Å². The van der Waals surface area contributed by atoms with Crippen LogP contribution in [-0.2, 0) is 9.59 Å². The Morgan fingerprint density at radius 2 is 1.88 bits per heavy atom. The Morgan fingerprint density at radius 3 is 2.31 bits per heavy atom. The van der Waals surface area contributed by atoms with Crippen LogP contribution in [0.2, 0.25) is 0 Å². The van der Waals surface area contributed by atoms with Gasteiger partial charge in [-0.05, 0) is 24.2 Å². The number of amides is 2. The summed E-state index contributed by atoms with van der Waals surface area (Å²) < 4.78 is 0. The highest BCUT2D eigenvalue weighted by Crippen LogP contribution is 2.51. The summed E-state index contributed by atoms with van der Waals surface area (Å²) in [6, 6.07) is 1.74. The maximum atomic E-state index is 11.3. The molecule has 0 bridgehead atoms. The first-order chi connectivity index (χ1) is 7.52. The van der Waals surface area contributed by atoms with Crippen molar-refractivity contribution in [1.29, 1.82) is 5.26 Å². The molecule has 1 saturated carbocycles. The highest BCUT2D eigenvalue weighted by Gasteiger charge is 2.45.